The van der Waals surface area contributed by atoms with Crippen LogP contribution in [0.4, 0.5) is 11.4 Å². The molecule has 0 saturated carbocycles. The zero-order valence-corrected chi connectivity index (χ0v) is 14.1. The molecule has 0 saturated heterocycles. The van der Waals surface area contributed by atoms with E-state index in [9.17, 15) is 9.59 Å². The Morgan fingerprint density at radius 2 is 1.88 bits per heavy atom. The van der Waals surface area contributed by atoms with Gasteiger partial charge in [-0.2, -0.15) is 0 Å². The number of nitrogens with zero attached hydrogens (tertiary/aromatic N) is 1. The summed E-state index contributed by atoms with van der Waals surface area (Å²) in [5.41, 5.74) is 1.10. The van der Waals surface area contributed by atoms with Crippen LogP contribution in [-0.2, 0) is 9.59 Å². The second-order valence-corrected chi connectivity index (χ2v) is 5.99. The number of carbonyl (C=O) groups is 2. The van der Waals surface area contributed by atoms with Gasteiger partial charge in [0.15, 0.2) is 6.10 Å². The van der Waals surface area contributed by atoms with Crippen LogP contribution in [0, 0.1) is 0 Å². The molecule has 3 rings (SSSR count). The van der Waals surface area contributed by atoms with Crippen molar-refractivity contribution in [2.75, 3.05) is 10.2 Å². The molecule has 0 spiro atoms. The van der Waals surface area contributed by atoms with Gasteiger partial charge < -0.3 is 10.1 Å². The van der Waals surface area contributed by atoms with E-state index in [-0.39, 0.29) is 11.8 Å². The quantitative estimate of drug-likeness (QED) is 0.927. The summed E-state index contributed by atoms with van der Waals surface area (Å²) in [6.45, 7) is 3.35. The fraction of sp³-hybridized carbons (Fsp3) is 0.222. The number of rotatable bonds is 3. The van der Waals surface area contributed by atoms with E-state index in [0.29, 0.717) is 22.1 Å². The summed E-state index contributed by atoms with van der Waals surface area (Å²) in [5.74, 6) is 0.0119. The molecule has 1 aliphatic heterocycles. The number of fused-ring (bicyclic) bond motifs is 1. The number of amides is 2. The van der Waals surface area contributed by atoms with Crippen molar-refractivity contribution in [3.05, 3.63) is 53.6 Å². The average Bonchev–Trinajstić information content (AvgIpc) is 2.57. The molecule has 2 aromatic carbocycles. The summed E-state index contributed by atoms with van der Waals surface area (Å²) in [4.78, 5) is 26.6. The minimum absolute atomic E-state index is 0.254. The first-order valence-electron chi connectivity index (χ1n) is 7.63. The lowest BCUT2D eigenvalue weighted by molar-refractivity contribution is -0.128. The molecule has 6 heteroatoms. The molecule has 2 aromatic rings. The predicted octanol–water partition coefficient (Wildman–Crippen LogP) is 3.48. The predicted molar refractivity (Wildman–Crippen MR) is 93.6 cm³/mol. The summed E-state index contributed by atoms with van der Waals surface area (Å²) in [5, 5.41) is 3.21. The molecule has 0 fully saturated rings. The molecule has 2 atom stereocenters. The molecule has 1 heterocycles. The highest BCUT2D eigenvalue weighted by atomic mass is 35.5. The van der Waals surface area contributed by atoms with E-state index in [4.69, 9.17) is 16.3 Å². The van der Waals surface area contributed by atoms with Crippen molar-refractivity contribution >= 4 is 34.8 Å². The van der Waals surface area contributed by atoms with Crippen LogP contribution in [0.2, 0.25) is 5.02 Å². The summed E-state index contributed by atoms with van der Waals surface area (Å²) in [6, 6.07) is 13.4. The van der Waals surface area contributed by atoms with Gasteiger partial charge in [-0.25, -0.2) is 0 Å². The summed E-state index contributed by atoms with van der Waals surface area (Å²) in [7, 11) is 0. The number of carbonyl (C=O) groups excluding carboxylic acids is 2. The Labute approximate surface area is 145 Å². The monoisotopic (exact) mass is 344 g/mol. The summed E-state index contributed by atoms with van der Waals surface area (Å²) < 4.78 is 5.60. The Hall–Kier alpha value is -2.53. The lowest BCUT2D eigenvalue weighted by Crippen LogP contribution is -2.52. The molecule has 124 valence electrons. The van der Waals surface area contributed by atoms with Gasteiger partial charge in [0.1, 0.15) is 11.8 Å². The maximum absolute atomic E-state index is 12.6. The van der Waals surface area contributed by atoms with Crippen molar-refractivity contribution < 1.29 is 14.3 Å². The summed E-state index contributed by atoms with van der Waals surface area (Å²) in [6.07, 6.45) is -0.643. The van der Waals surface area contributed by atoms with Crippen LogP contribution >= 0.6 is 11.6 Å². The maximum Gasteiger partial charge on any atom is 0.268 e. The smallest absolute Gasteiger partial charge is 0.268 e. The first kappa shape index (κ1) is 16.3. The van der Waals surface area contributed by atoms with Gasteiger partial charge in [0, 0.05) is 0 Å². The van der Waals surface area contributed by atoms with Crippen molar-refractivity contribution in [3.8, 4) is 5.75 Å². The number of hydrogen-bond acceptors (Lipinski definition) is 3. The third kappa shape index (κ3) is 2.95. The van der Waals surface area contributed by atoms with Gasteiger partial charge in [-0.15, -0.1) is 0 Å². The number of hydrogen-bond donors (Lipinski definition) is 1. The van der Waals surface area contributed by atoms with Gasteiger partial charge in [-0.1, -0.05) is 35.9 Å². The third-order valence-electron chi connectivity index (χ3n) is 3.91. The molecule has 2 amide bonds. The largest absolute Gasteiger partial charge is 0.479 e. The number of ether oxygens (including phenoxy) is 1. The van der Waals surface area contributed by atoms with Gasteiger partial charge in [0.05, 0.1) is 16.4 Å². The second kappa shape index (κ2) is 6.53. The Balaban J connectivity index is 1.88. The molecular weight excluding hydrogens is 328 g/mol. The highest BCUT2D eigenvalue weighted by Crippen LogP contribution is 2.35. The van der Waals surface area contributed by atoms with Crippen LogP contribution in [0.5, 0.6) is 5.75 Å². The van der Waals surface area contributed by atoms with Crippen molar-refractivity contribution in [1.82, 2.24) is 0 Å². The highest BCUT2D eigenvalue weighted by molar-refractivity contribution is 6.33. The van der Waals surface area contributed by atoms with Gasteiger partial charge >= 0.3 is 0 Å². The van der Waals surface area contributed by atoms with Crippen molar-refractivity contribution in [2.45, 2.75) is 26.0 Å². The van der Waals surface area contributed by atoms with E-state index in [1.54, 1.807) is 56.3 Å². The zero-order chi connectivity index (χ0) is 17.3. The molecule has 0 bridgehead atoms. The van der Waals surface area contributed by atoms with E-state index in [2.05, 4.69) is 5.32 Å². The van der Waals surface area contributed by atoms with Crippen LogP contribution < -0.4 is 15.0 Å². The van der Waals surface area contributed by atoms with Crippen LogP contribution in [-0.4, -0.2) is 24.0 Å². The number of halogens is 1. The van der Waals surface area contributed by atoms with Crippen LogP contribution in [0.3, 0.4) is 0 Å². The standard InChI is InChI=1S/C18H17ClN2O3/c1-11(17(22)20-14-8-4-3-7-13(14)19)21-15-9-5-6-10-16(15)24-12(2)18(21)23/h3-12H,1-2H3,(H,20,22). The minimum Gasteiger partial charge on any atom is -0.479 e. The Bertz CT molecular complexity index is 793. The fourth-order valence-corrected chi connectivity index (χ4v) is 2.81. The first-order valence-corrected chi connectivity index (χ1v) is 8.01. The maximum atomic E-state index is 12.6. The SMILES string of the molecule is CC1Oc2ccccc2N(C(C)C(=O)Nc2ccccc2Cl)C1=O. The van der Waals surface area contributed by atoms with Crippen molar-refractivity contribution in [1.29, 1.82) is 0 Å². The normalized spacial score (nSPS) is 17.7. The van der Waals surface area contributed by atoms with Gasteiger partial charge in [-0.05, 0) is 38.1 Å². The Morgan fingerprint density at radius 3 is 2.62 bits per heavy atom. The van der Waals surface area contributed by atoms with Crippen LogP contribution in [0.1, 0.15) is 13.8 Å². The molecular formula is C18H17ClN2O3. The van der Waals surface area contributed by atoms with E-state index in [1.807, 2.05) is 6.07 Å². The lowest BCUT2D eigenvalue weighted by atomic mass is 10.1. The molecule has 0 aromatic heterocycles. The minimum atomic E-state index is -0.707. The molecule has 0 radical (unpaired) electrons. The Morgan fingerprint density at radius 1 is 1.21 bits per heavy atom. The molecule has 1 aliphatic rings. The highest BCUT2D eigenvalue weighted by Gasteiger charge is 2.37. The second-order valence-electron chi connectivity index (χ2n) is 5.58. The van der Waals surface area contributed by atoms with Gasteiger partial charge in [-0.3, -0.25) is 14.5 Å². The molecule has 5 nitrogen and oxygen atoms in total. The van der Waals surface area contributed by atoms with Gasteiger partial charge in [0.25, 0.3) is 5.91 Å². The lowest BCUT2D eigenvalue weighted by Gasteiger charge is -2.36. The molecule has 0 aliphatic carbocycles. The summed E-state index contributed by atoms with van der Waals surface area (Å²) >= 11 is 6.08. The zero-order valence-electron chi connectivity index (χ0n) is 13.3. The first-order chi connectivity index (χ1) is 11.5. The third-order valence-corrected chi connectivity index (χ3v) is 4.24. The number of benzene rings is 2. The average molecular weight is 345 g/mol. The van der Waals surface area contributed by atoms with Crippen molar-refractivity contribution in [2.24, 2.45) is 0 Å². The number of nitrogens with one attached hydrogen (secondary N) is 1. The number of para-hydroxylation sites is 3. The van der Waals surface area contributed by atoms with E-state index in [1.165, 1.54) is 4.90 Å². The Kier molecular flexibility index (Phi) is 4.44. The van der Waals surface area contributed by atoms with Crippen LogP contribution in [0.15, 0.2) is 48.5 Å². The van der Waals surface area contributed by atoms with Crippen molar-refractivity contribution in [3.63, 3.8) is 0 Å². The van der Waals surface area contributed by atoms with E-state index < -0.39 is 12.1 Å². The number of anilines is 2. The van der Waals surface area contributed by atoms with Gasteiger partial charge in [0.2, 0.25) is 5.91 Å². The topological polar surface area (TPSA) is 58.6 Å². The molecule has 24 heavy (non-hydrogen) atoms. The van der Waals surface area contributed by atoms with Crippen LogP contribution in [0.25, 0.3) is 0 Å². The van der Waals surface area contributed by atoms with E-state index >= 15 is 0 Å². The molecule has 1 N–H and O–H groups in total. The molecule has 2 unspecified atom stereocenters. The van der Waals surface area contributed by atoms with E-state index in [0.717, 1.165) is 0 Å². The fourth-order valence-electron chi connectivity index (χ4n) is 2.63.